The number of likely N-dealkylation sites (tertiary alicyclic amines) is 1. The van der Waals surface area contributed by atoms with Crippen molar-refractivity contribution in [1.29, 1.82) is 0 Å². The summed E-state index contributed by atoms with van der Waals surface area (Å²) in [5.41, 5.74) is 0. The van der Waals surface area contributed by atoms with Gasteiger partial charge in [0.25, 0.3) is 0 Å². The van der Waals surface area contributed by atoms with Gasteiger partial charge in [0.15, 0.2) is 0 Å². The summed E-state index contributed by atoms with van der Waals surface area (Å²) < 4.78 is 1.92. The van der Waals surface area contributed by atoms with E-state index in [9.17, 15) is 4.79 Å². The van der Waals surface area contributed by atoms with E-state index >= 15 is 0 Å². The maximum atomic E-state index is 11.7. The van der Waals surface area contributed by atoms with E-state index in [2.05, 4.69) is 15.5 Å². The summed E-state index contributed by atoms with van der Waals surface area (Å²) in [4.78, 5) is 13.7. The summed E-state index contributed by atoms with van der Waals surface area (Å²) in [6.45, 7) is 4.68. The molecule has 1 aromatic heterocycles. The Morgan fingerprint density at radius 2 is 2.06 bits per heavy atom. The van der Waals surface area contributed by atoms with Crippen molar-refractivity contribution >= 4 is 5.91 Å². The summed E-state index contributed by atoms with van der Waals surface area (Å²) >= 11 is 0. The summed E-state index contributed by atoms with van der Waals surface area (Å²) in [7, 11) is 1.93. The minimum absolute atomic E-state index is 0.182. The molecule has 2 heterocycles. The lowest BCUT2D eigenvalue weighted by atomic mass is 10.4. The zero-order valence-corrected chi connectivity index (χ0v) is 10.4. The molecule has 1 aliphatic rings. The van der Waals surface area contributed by atoms with Crippen molar-refractivity contribution in [3.05, 3.63) is 11.6 Å². The Balaban J connectivity index is 1.75. The van der Waals surface area contributed by atoms with E-state index < -0.39 is 0 Å². The average molecular weight is 237 g/mol. The Labute approximate surface area is 101 Å². The van der Waals surface area contributed by atoms with E-state index in [1.807, 2.05) is 23.4 Å². The molecule has 2 rings (SSSR count). The smallest absolute Gasteiger partial charge is 0.236 e. The van der Waals surface area contributed by atoms with Crippen LogP contribution in [0.25, 0.3) is 0 Å². The van der Waals surface area contributed by atoms with Crippen LogP contribution < -0.4 is 5.32 Å². The molecule has 0 aliphatic carbocycles. The van der Waals surface area contributed by atoms with Gasteiger partial charge in [-0.15, -0.1) is 10.2 Å². The first-order valence-electron chi connectivity index (χ1n) is 6.02. The van der Waals surface area contributed by atoms with Crippen molar-refractivity contribution in [3.63, 3.8) is 0 Å². The fourth-order valence-corrected chi connectivity index (χ4v) is 1.96. The van der Waals surface area contributed by atoms with Gasteiger partial charge in [-0.2, -0.15) is 0 Å². The molecular formula is C11H19N5O. The SMILES string of the molecule is Cc1nnc(CNCC(=O)N2CCCC2)n1C. The standard InChI is InChI=1S/C11H19N5O/c1-9-13-14-10(15(9)2)7-12-8-11(17)16-5-3-4-6-16/h12H,3-8H2,1-2H3. The molecule has 17 heavy (non-hydrogen) atoms. The third-order valence-electron chi connectivity index (χ3n) is 3.20. The second-order valence-electron chi connectivity index (χ2n) is 4.41. The van der Waals surface area contributed by atoms with Crippen LogP contribution in [0.1, 0.15) is 24.5 Å². The average Bonchev–Trinajstić information content (AvgIpc) is 2.93. The third-order valence-corrected chi connectivity index (χ3v) is 3.20. The highest BCUT2D eigenvalue weighted by Crippen LogP contribution is 2.06. The fraction of sp³-hybridized carbons (Fsp3) is 0.727. The molecule has 6 nitrogen and oxygen atoms in total. The van der Waals surface area contributed by atoms with E-state index in [0.717, 1.165) is 37.6 Å². The van der Waals surface area contributed by atoms with Gasteiger partial charge >= 0.3 is 0 Å². The van der Waals surface area contributed by atoms with Gasteiger partial charge in [0.05, 0.1) is 13.1 Å². The Morgan fingerprint density at radius 3 is 2.65 bits per heavy atom. The van der Waals surface area contributed by atoms with E-state index in [1.165, 1.54) is 0 Å². The number of hydrogen-bond acceptors (Lipinski definition) is 4. The highest BCUT2D eigenvalue weighted by molar-refractivity contribution is 5.78. The second kappa shape index (κ2) is 5.27. The Bertz CT molecular complexity index is 395. The van der Waals surface area contributed by atoms with Gasteiger partial charge in [-0.25, -0.2) is 0 Å². The zero-order chi connectivity index (χ0) is 12.3. The van der Waals surface area contributed by atoms with E-state index in [1.54, 1.807) is 0 Å². The first kappa shape index (κ1) is 12.0. The zero-order valence-electron chi connectivity index (χ0n) is 10.4. The number of aromatic nitrogens is 3. The number of aryl methyl sites for hydroxylation is 1. The Kier molecular flexibility index (Phi) is 3.73. The summed E-state index contributed by atoms with van der Waals surface area (Å²) in [6.07, 6.45) is 2.27. The van der Waals surface area contributed by atoms with Crippen LogP contribution in [0.5, 0.6) is 0 Å². The number of amides is 1. The number of nitrogens with one attached hydrogen (secondary N) is 1. The molecule has 0 saturated carbocycles. The van der Waals surface area contributed by atoms with Crippen molar-refractivity contribution in [2.24, 2.45) is 7.05 Å². The molecule has 6 heteroatoms. The molecular weight excluding hydrogens is 218 g/mol. The minimum Gasteiger partial charge on any atom is -0.342 e. The molecule has 1 N–H and O–H groups in total. The molecule has 94 valence electrons. The molecule has 1 amide bonds. The quantitative estimate of drug-likeness (QED) is 0.790. The van der Waals surface area contributed by atoms with Crippen LogP contribution in [0, 0.1) is 6.92 Å². The number of hydrogen-bond donors (Lipinski definition) is 1. The van der Waals surface area contributed by atoms with Crippen LogP contribution in [-0.4, -0.2) is 45.2 Å². The molecule has 0 aromatic carbocycles. The molecule has 1 aromatic rings. The van der Waals surface area contributed by atoms with Crippen molar-refractivity contribution in [2.45, 2.75) is 26.3 Å². The lowest BCUT2D eigenvalue weighted by Gasteiger charge is -2.15. The van der Waals surface area contributed by atoms with Crippen molar-refractivity contribution in [2.75, 3.05) is 19.6 Å². The van der Waals surface area contributed by atoms with Crippen LogP contribution in [0.3, 0.4) is 0 Å². The minimum atomic E-state index is 0.182. The van der Waals surface area contributed by atoms with E-state index in [4.69, 9.17) is 0 Å². The first-order valence-corrected chi connectivity index (χ1v) is 6.02. The summed E-state index contributed by atoms with van der Waals surface area (Å²) in [5.74, 6) is 1.92. The van der Waals surface area contributed by atoms with Gasteiger partial charge in [-0.1, -0.05) is 0 Å². The summed E-state index contributed by atoms with van der Waals surface area (Å²) in [5, 5.41) is 11.1. The molecule has 1 aliphatic heterocycles. The van der Waals surface area contributed by atoms with Gasteiger partial charge < -0.3 is 14.8 Å². The molecule has 0 unspecified atom stereocenters. The Hall–Kier alpha value is -1.43. The molecule has 0 atom stereocenters. The lowest BCUT2D eigenvalue weighted by molar-refractivity contribution is -0.129. The van der Waals surface area contributed by atoms with E-state index in [-0.39, 0.29) is 5.91 Å². The third kappa shape index (κ3) is 2.82. The van der Waals surface area contributed by atoms with Crippen LogP contribution in [-0.2, 0) is 18.4 Å². The van der Waals surface area contributed by atoms with Crippen LogP contribution in [0.2, 0.25) is 0 Å². The lowest BCUT2D eigenvalue weighted by Crippen LogP contribution is -2.36. The molecule has 1 saturated heterocycles. The highest BCUT2D eigenvalue weighted by Gasteiger charge is 2.17. The monoisotopic (exact) mass is 237 g/mol. The van der Waals surface area contributed by atoms with Crippen molar-refractivity contribution in [1.82, 2.24) is 25.0 Å². The van der Waals surface area contributed by atoms with Crippen molar-refractivity contribution in [3.8, 4) is 0 Å². The first-order chi connectivity index (χ1) is 8.18. The number of carbonyl (C=O) groups excluding carboxylic acids is 1. The van der Waals surface area contributed by atoms with Crippen molar-refractivity contribution < 1.29 is 4.79 Å². The highest BCUT2D eigenvalue weighted by atomic mass is 16.2. The molecule has 0 bridgehead atoms. The maximum absolute atomic E-state index is 11.7. The molecule has 0 radical (unpaired) electrons. The van der Waals surface area contributed by atoms with Gasteiger partial charge in [-0.05, 0) is 19.8 Å². The predicted molar refractivity (Wildman–Crippen MR) is 63.3 cm³/mol. The normalized spacial score (nSPS) is 15.5. The molecule has 0 spiro atoms. The Morgan fingerprint density at radius 1 is 1.35 bits per heavy atom. The largest absolute Gasteiger partial charge is 0.342 e. The number of carbonyl (C=O) groups is 1. The van der Waals surface area contributed by atoms with Crippen LogP contribution in [0.15, 0.2) is 0 Å². The summed E-state index contributed by atoms with van der Waals surface area (Å²) in [6, 6.07) is 0. The van der Waals surface area contributed by atoms with Crippen LogP contribution in [0.4, 0.5) is 0 Å². The van der Waals surface area contributed by atoms with Gasteiger partial charge in [-0.3, -0.25) is 4.79 Å². The van der Waals surface area contributed by atoms with Gasteiger partial charge in [0.1, 0.15) is 11.6 Å². The van der Waals surface area contributed by atoms with E-state index in [0.29, 0.717) is 13.1 Å². The second-order valence-corrected chi connectivity index (χ2v) is 4.41. The number of nitrogens with zero attached hydrogens (tertiary/aromatic N) is 4. The fourth-order valence-electron chi connectivity index (χ4n) is 1.96. The van der Waals surface area contributed by atoms with Gasteiger partial charge in [0, 0.05) is 20.1 Å². The van der Waals surface area contributed by atoms with Crippen LogP contribution >= 0.6 is 0 Å². The number of rotatable bonds is 4. The van der Waals surface area contributed by atoms with Gasteiger partial charge in [0.2, 0.25) is 5.91 Å². The molecule has 1 fully saturated rings. The predicted octanol–water partition coefficient (Wildman–Crippen LogP) is -0.164. The topological polar surface area (TPSA) is 63.1 Å². The maximum Gasteiger partial charge on any atom is 0.236 e.